The van der Waals surface area contributed by atoms with Crippen molar-refractivity contribution in [3.63, 3.8) is 0 Å². The maximum atomic E-state index is 13.3. The molecule has 0 saturated heterocycles. The lowest BCUT2D eigenvalue weighted by Crippen LogP contribution is -2.20. The van der Waals surface area contributed by atoms with Crippen molar-refractivity contribution >= 4 is 15.1 Å². The maximum absolute atomic E-state index is 13.3. The summed E-state index contributed by atoms with van der Waals surface area (Å²) in [7, 11) is 1.31. The van der Waals surface area contributed by atoms with Crippen LogP contribution in [-0.2, 0) is 22.9 Å². The number of hydrogen-bond acceptors (Lipinski definition) is 1. The summed E-state index contributed by atoms with van der Waals surface area (Å²) < 4.78 is 53.0. The molecule has 106 valence electrons. The van der Waals surface area contributed by atoms with E-state index in [1.807, 2.05) is 0 Å². The number of nitrogens with one attached hydrogen (secondary N) is 1. The molecule has 0 aliphatic carbocycles. The summed E-state index contributed by atoms with van der Waals surface area (Å²) in [6.45, 7) is 1.81. The van der Waals surface area contributed by atoms with Crippen LogP contribution in [0.25, 0.3) is 0 Å². The number of carbonyl (C=O) groups excluding carboxylic acids is 1. The molecule has 0 radical (unpaired) electrons. The second-order valence-electron chi connectivity index (χ2n) is 4.34. The van der Waals surface area contributed by atoms with E-state index in [0.29, 0.717) is 6.92 Å². The molecule has 1 unspecified atom stereocenters. The van der Waals surface area contributed by atoms with E-state index < -0.39 is 22.7 Å². The Labute approximate surface area is 110 Å². The first-order chi connectivity index (χ1) is 8.50. The Bertz CT molecular complexity index is 447. The first kappa shape index (κ1) is 15.9. The van der Waals surface area contributed by atoms with E-state index in [1.165, 1.54) is 16.2 Å². The number of rotatable bonds is 4. The summed E-state index contributed by atoms with van der Waals surface area (Å²) in [5.74, 6) is -3.59. The Morgan fingerprint density at radius 3 is 2.16 bits per heavy atom. The zero-order valence-corrected chi connectivity index (χ0v) is 11.6. The number of amides is 1. The molecule has 1 aromatic carbocycles. The number of halogens is 4. The quantitative estimate of drug-likeness (QED) is 0.670. The summed E-state index contributed by atoms with van der Waals surface area (Å²) >= 11 is 0. The monoisotopic (exact) mass is 295 g/mol. The third-order valence-electron chi connectivity index (χ3n) is 2.43. The van der Waals surface area contributed by atoms with Gasteiger partial charge >= 0.3 is 0 Å². The van der Waals surface area contributed by atoms with Crippen molar-refractivity contribution in [2.75, 3.05) is 0 Å². The highest BCUT2D eigenvalue weighted by Crippen LogP contribution is 2.38. The molecule has 1 N–H and O–H groups in total. The van der Waals surface area contributed by atoms with Gasteiger partial charge in [0.25, 0.3) is 11.6 Å². The number of carbonyl (C=O) groups is 1. The summed E-state index contributed by atoms with van der Waals surface area (Å²) in [6.07, 6.45) is 0. The fourth-order valence-electron chi connectivity index (χ4n) is 1.47. The van der Waals surface area contributed by atoms with Gasteiger partial charge in [-0.25, -0.2) is 8.78 Å². The highest BCUT2D eigenvalue weighted by molar-refractivity contribution is 7.17. The van der Waals surface area contributed by atoms with Crippen LogP contribution in [0.1, 0.15) is 30.5 Å². The van der Waals surface area contributed by atoms with Crippen molar-refractivity contribution in [3.8, 4) is 0 Å². The molecule has 0 heterocycles. The SMILES string of the molecule is CC(=O)NCc1cc(C(C)(F)F)cc(C(F)(F)P)c1. The molecule has 2 nitrogen and oxygen atoms in total. The molecule has 0 aliphatic heterocycles. The lowest BCUT2D eigenvalue weighted by molar-refractivity contribution is -0.119. The highest BCUT2D eigenvalue weighted by atomic mass is 31.0. The number of alkyl halides is 4. The normalized spacial score (nSPS) is 12.4. The topological polar surface area (TPSA) is 29.1 Å². The number of benzene rings is 1. The van der Waals surface area contributed by atoms with Gasteiger partial charge < -0.3 is 5.32 Å². The maximum Gasteiger partial charge on any atom is 0.283 e. The largest absolute Gasteiger partial charge is 0.352 e. The van der Waals surface area contributed by atoms with Crippen LogP contribution in [0.3, 0.4) is 0 Å². The average molecular weight is 295 g/mol. The zero-order chi connectivity index (χ0) is 14.8. The molecule has 0 fully saturated rings. The smallest absolute Gasteiger partial charge is 0.283 e. The van der Waals surface area contributed by atoms with Crippen LogP contribution in [-0.4, -0.2) is 5.91 Å². The van der Waals surface area contributed by atoms with Crippen molar-refractivity contribution < 1.29 is 22.4 Å². The van der Waals surface area contributed by atoms with Gasteiger partial charge in [-0.3, -0.25) is 4.79 Å². The third kappa shape index (κ3) is 4.78. The minimum atomic E-state index is -3.30. The molecular formula is C12H14F4NOP. The Hall–Kier alpha value is -1.16. The van der Waals surface area contributed by atoms with E-state index in [2.05, 4.69) is 5.32 Å². The van der Waals surface area contributed by atoms with Gasteiger partial charge in [0.15, 0.2) is 0 Å². The van der Waals surface area contributed by atoms with Gasteiger partial charge in [-0.05, 0) is 23.8 Å². The van der Waals surface area contributed by atoms with E-state index in [-0.39, 0.29) is 18.0 Å². The van der Waals surface area contributed by atoms with Crippen molar-refractivity contribution in [1.29, 1.82) is 0 Å². The molecule has 0 bridgehead atoms. The van der Waals surface area contributed by atoms with Gasteiger partial charge in [-0.2, -0.15) is 8.78 Å². The van der Waals surface area contributed by atoms with Gasteiger partial charge in [0.2, 0.25) is 5.91 Å². The van der Waals surface area contributed by atoms with Gasteiger partial charge in [-0.1, -0.05) is 9.24 Å². The van der Waals surface area contributed by atoms with Gasteiger partial charge in [-0.15, -0.1) is 0 Å². The fourth-order valence-corrected chi connectivity index (χ4v) is 1.63. The van der Waals surface area contributed by atoms with Crippen LogP contribution in [0.5, 0.6) is 0 Å². The molecule has 0 saturated carbocycles. The molecule has 0 spiro atoms. The minimum absolute atomic E-state index is 0.0764. The Kier molecular flexibility index (Phi) is 4.56. The van der Waals surface area contributed by atoms with Gasteiger partial charge in [0.1, 0.15) is 0 Å². The first-order valence-electron chi connectivity index (χ1n) is 5.44. The molecule has 0 aromatic heterocycles. The van der Waals surface area contributed by atoms with E-state index in [0.717, 1.165) is 18.2 Å². The van der Waals surface area contributed by atoms with Crippen LogP contribution >= 0.6 is 9.24 Å². The summed E-state index contributed by atoms with van der Waals surface area (Å²) in [4.78, 5) is 10.8. The third-order valence-corrected chi connectivity index (χ3v) is 2.76. The molecule has 1 atom stereocenters. The van der Waals surface area contributed by atoms with Crippen LogP contribution in [0, 0.1) is 0 Å². The predicted molar refractivity (Wildman–Crippen MR) is 67.1 cm³/mol. The summed E-state index contributed by atoms with van der Waals surface area (Å²) in [5.41, 5.74) is -4.14. The Morgan fingerprint density at radius 1 is 1.21 bits per heavy atom. The van der Waals surface area contributed by atoms with Crippen LogP contribution < -0.4 is 5.32 Å². The Morgan fingerprint density at radius 2 is 1.74 bits per heavy atom. The van der Waals surface area contributed by atoms with E-state index in [4.69, 9.17) is 0 Å². The van der Waals surface area contributed by atoms with E-state index in [9.17, 15) is 22.4 Å². The van der Waals surface area contributed by atoms with Crippen LogP contribution in [0.2, 0.25) is 0 Å². The fraction of sp³-hybridized carbons (Fsp3) is 0.417. The Balaban J connectivity index is 3.21. The molecule has 1 amide bonds. The molecule has 1 aromatic rings. The zero-order valence-electron chi connectivity index (χ0n) is 10.4. The van der Waals surface area contributed by atoms with Crippen LogP contribution in [0.4, 0.5) is 17.6 Å². The molecule has 19 heavy (non-hydrogen) atoms. The minimum Gasteiger partial charge on any atom is -0.352 e. The first-order valence-corrected chi connectivity index (χ1v) is 6.02. The van der Waals surface area contributed by atoms with Crippen LogP contribution in [0.15, 0.2) is 18.2 Å². The lowest BCUT2D eigenvalue weighted by atomic mass is 10.0. The van der Waals surface area contributed by atoms with E-state index >= 15 is 0 Å². The standard InChI is InChI=1S/C12H14F4NOP/c1-7(18)17-6-8-3-9(11(2,13)14)5-10(4-8)12(15,16)19/h3-5H,6,19H2,1-2H3,(H,17,18). The summed E-state index contributed by atoms with van der Waals surface area (Å²) in [5, 5.41) is 2.38. The van der Waals surface area contributed by atoms with E-state index in [1.54, 1.807) is 0 Å². The lowest BCUT2D eigenvalue weighted by Gasteiger charge is -2.18. The van der Waals surface area contributed by atoms with Crippen molar-refractivity contribution in [3.05, 3.63) is 34.9 Å². The average Bonchev–Trinajstić information content (AvgIpc) is 2.23. The van der Waals surface area contributed by atoms with Gasteiger partial charge in [0, 0.05) is 31.5 Å². The van der Waals surface area contributed by atoms with Crippen molar-refractivity contribution in [2.24, 2.45) is 0 Å². The van der Waals surface area contributed by atoms with Crippen molar-refractivity contribution in [2.45, 2.75) is 32.0 Å². The highest BCUT2D eigenvalue weighted by Gasteiger charge is 2.30. The predicted octanol–water partition coefficient (Wildman–Crippen LogP) is 3.36. The van der Waals surface area contributed by atoms with Crippen molar-refractivity contribution in [1.82, 2.24) is 5.32 Å². The number of hydrogen-bond donors (Lipinski definition) is 1. The molecular weight excluding hydrogens is 281 g/mol. The molecule has 7 heteroatoms. The second kappa shape index (κ2) is 5.45. The van der Waals surface area contributed by atoms with Gasteiger partial charge in [0.05, 0.1) is 0 Å². The summed E-state index contributed by atoms with van der Waals surface area (Å²) in [6, 6.07) is 2.97. The second-order valence-corrected chi connectivity index (χ2v) is 5.06. The molecule has 0 aliphatic rings. The molecule has 1 rings (SSSR count).